The third-order valence-corrected chi connectivity index (χ3v) is 5.74. The zero-order chi connectivity index (χ0) is 19.8. The number of hydrogen-bond acceptors (Lipinski definition) is 5. The largest absolute Gasteiger partial charge is 0.493 e. The number of benzene rings is 1. The van der Waals surface area contributed by atoms with Crippen LogP contribution in [-0.2, 0) is 4.79 Å². The summed E-state index contributed by atoms with van der Waals surface area (Å²) in [5, 5.41) is 5.87. The molecule has 1 amide bonds. The molecule has 1 unspecified atom stereocenters. The molecular formula is C20H25N3O5. The highest BCUT2D eigenvalue weighted by Crippen LogP contribution is 2.44. The summed E-state index contributed by atoms with van der Waals surface area (Å²) < 4.78 is 18.1. The topological polar surface area (TPSA) is 94.6 Å². The van der Waals surface area contributed by atoms with Gasteiger partial charge in [0, 0.05) is 12.3 Å². The van der Waals surface area contributed by atoms with Crippen molar-refractivity contribution < 1.29 is 19.0 Å². The molecule has 1 aliphatic carbocycles. The van der Waals surface area contributed by atoms with Crippen LogP contribution in [0.2, 0.25) is 0 Å². The van der Waals surface area contributed by atoms with E-state index in [1.165, 1.54) is 0 Å². The number of H-pyrrole nitrogens is 1. The van der Waals surface area contributed by atoms with Crippen LogP contribution >= 0.6 is 0 Å². The molecule has 1 fully saturated rings. The molecule has 8 heteroatoms. The van der Waals surface area contributed by atoms with Crippen molar-refractivity contribution >= 4 is 11.7 Å². The number of carbonyl (C=O) groups excluding carboxylic acids is 1. The Morgan fingerprint density at radius 1 is 1.00 bits per heavy atom. The Morgan fingerprint density at radius 2 is 1.64 bits per heavy atom. The van der Waals surface area contributed by atoms with Crippen LogP contribution in [0.25, 0.3) is 0 Å². The number of fused-ring (bicyclic) bond motifs is 1. The maximum atomic E-state index is 12.8. The summed E-state index contributed by atoms with van der Waals surface area (Å²) in [6.45, 7) is 0. The molecule has 8 nitrogen and oxygen atoms in total. The number of anilines is 1. The number of methoxy groups -OCH3 is 3. The molecule has 0 bridgehead atoms. The Morgan fingerprint density at radius 3 is 2.21 bits per heavy atom. The van der Waals surface area contributed by atoms with Gasteiger partial charge in [-0.2, -0.15) is 0 Å². The van der Waals surface area contributed by atoms with Crippen LogP contribution in [0, 0.1) is 0 Å². The van der Waals surface area contributed by atoms with Crippen molar-refractivity contribution in [3.63, 3.8) is 0 Å². The summed E-state index contributed by atoms with van der Waals surface area (Å²) in [6, 6.07) is 3.83. The summed E-state index contributed by atoms with van der Waals surface area (Å²) in [7, 11) is 4.63. The van der Waals surface area contributed by atoms with Crippen LogP contribution in [-0.4, -0.2) is 37.0 Å². The number of hydrogen-bond donors (Lipinski definition) is 2. The summed E-state index contributed by atoms with van der Waals surface area (Å²) in [4.78, 5) is 25.3. The van der Waals surface area contributed by atoms with E-state index in [2.05, 4.69) is 10.4 Å². The molecular weight excluding hydrogens is 362 g/mol. The maximum absolute atomic E-state index is 12.8. The Bertz CT molecular complexity index is 930. The smallest absolute Gasteiger partial charge is 0.270 e. The fourth-order valence-corrected chi connectivity index (χ4v) is 4.41. The fraction of sp³-hybridized carbons (Fsp3) is 0.500. The molecule has 2 aliphatic rings. The quantitative estimate of drug-likeness (QED) is 0.823. The predicted molar refractivity (Wildman–Crippen MR) is 104 cm³/mol. The normalized spacial score (nSPS) is 19.2. The van der Waals surface area contributed by atoms with Crippen LogP contribution in [0.3, 0.4) is 0 Å². The highest BCUT2D eigenvalue weighted by atomic mass is 16.5. The van der Waals surface area contributed by atoms with Crippen molar-refractivity contribution in [3.05, 3.63) is 33.6 Å². The van der Waals surface area contributed by atoms with Gasteiger partial charge in [-0.25, -0.2) is 0 Å². The Kier molecular flexibility index (Phi) is 4.78. The number of nitrogens with zero attached hydrogens (tertiary/aromatic N) is 1. The first-order valence-corrected chi connectivity index (χ1v) is 9.51. The van der Waals surface area contributed by atoms with Gasteiger partial charge in [-0.05, 0) is 30.5 Å². The van der Waals surface area contributed by atoms with Gasteiger partial charge >= 0.3 is 0 Å². The molecule has 2 aromatic rings. The van der Waals surface area contributed by atoms with E-state index >= 15 is 0 Å². The highest BCUT2D eigenvalue weighted by molar-refractivity contribution is 5.94. The molecule has 0 saturated heterocycles. The first-order valence-electron chi connectivity index (χ1n) is 9.51. The molecule has 2 heterocycles. The number of nitrogens with one attached hydrogen (secondary N) is 2. The summed E-state index contributed by atoms with van der Waals surface area (Å²) >= 11 is 0. The van der Waals surface area contributed by atoms with E-state index in [-0.39, 0.29) is 29.8 Å². The van der Waals surface area contributed by atoms with Crippen molar-refractivity contribution in [1.29, 1.82) is 0 Å². The molecule has 1 atom stereocenters. The minimum Gasteiger partial charge on any atom is -0.493 e. The molecule has 28 heavy (non-hydrogen) atoms. The van der Waals surface area contributed by atoms with Gasteiger partial charge < -0.3 is 19.5 Å². The van der Waals surface area contributed by atoms with Crippen molar-refractivity contribution in [1.82, 2.24) is 9.78 Å². The molecule has 0 spiro atoms. The van der Waals surface area contributed by atoms with Crippen molar-refractivity contribution in [3.8, 4) is 17.2 Å². The van der Waals surface area contributed by atoms with Gasteiger partial charge in [0.1, 0.15) is 5.82 Å². The zero-order valence-electron chi connectivity index (χ0n) is 16.3. The molecule has 1 saturated carbocycles. The number of aromatic nitrogens is 2. The maximum Gasteiger partial charge on any atom is 0.270 e. The summed E-state index contributed by atoms with van der Waals surface area (Å²) in [6.07, 6.45) is 4.45. The number of carbonyl (C=O) groups is 1. The molecule has 2 N–H and O–H groups in total. The van der Waals surface area contributed by atoms with Crippen LogP contribution in [0.15, 0.2) is 16.9 Å². The second-order valence-electron chi connectivity index (χ2n) is 7.28. The lowest BCUT2D eigenvalue weighted by Crippen LogP contribution is -2.27. The minimum absolute atomic E-state index is 0.114. The average Bonchev–Trinajstić information content (AvgIpc) is 3.34. The minimum atomic E-state index is -0.385. The van der Waals surface area contributed by atoms with E-state index in [0.717, 1.165) is 31.2 Å². The SMILES string of the molecule is COc1cc(C2CC(=O)Nc3c2c(=O)[nH]n3C2CCCC2)cc(OC)c1OC. The van der Waals surface area contributed by atoms with Gasteiger partial charge in [0.05, 0.1) is 32.9 Å². The zero-order valence-corrected chi connectivity index (χ0v) is 16.3. The lowest BCUT2D eigenvalue weighted by Gasteiger charge is -2.25. The van der Waals surface area contributed by atoms with Crippen molar-refractivity contribution in [2.24, 2.45) is 0 Å². The summed E-state index contributed by atoms with van der Waals surface area (Å²) in [5.41, 5.74) is 1.20. The summed E-state index contributed by atoms with van der Waals surface area (Å²) in [5.74, 6) is 1.56. The number of amides is 1. The average molecular weight is 387 g/mol. The van der Waals surface area contributed by atoms with E-state index in [4.69, 9.17) is 14.2 Å². The lowest BCUT2D eigenvalue weighted by molar-refractivity contribution is -0.116. The van der Waals surface area contributed by atoms with Crippen molar-refractivity contribution in [2.75, 3.05) is 26.6 Å². The number of aromatic amines is 1. The molecule has 1 aromatic heterocycles. The van der Waals surface area contributed by atoms with Gasteiger partial charge in [0.15, 0.2) is 11.5 Å². The Balaban J connectivity index is 1.85. The number of ether oxygens (including phenoxy) is 3. The monoisotopic (exact) mass is 387 g/mol. The third-order valence-electron chi connectivity index (χ3n) is 5.74. The molecule has 1 aromatic carbocycles. The van der Waals surface area contributed by atoms with E-state index in [0.29, 0.717) is 28.6 Å². The van der Waals surface area contributed by atoms with Crippen LogP contribution in [0.1, 0.15) is 55.2 Å². The highest BCUT2D eigenvalue weighted by Gasteiger charge is 2.35. The molecule has 0 radical (unpaired) electrons. The van der Waals surface area contributed by atoms with Gasteiger partial charge in [0.25, 0.3) is 5.56 Å². The molecule has 1 aliphatic heterocycles. The second kappa shape index (κ2) is 7.26. The Hall–Kier alpha value is -2.90. The van der Waals surface area contributed by atoms with E-state index in [9.17, 15) is 9.59 Å². The first kappa shape index (κ1) is 18.5. The lowest BCUT2D eigenvalue weighted by atomic mass is 9.86. The molecule has 4 rings (SSSR count). The van der Waals surface area contributed by atoms with Gasteiger partial charge in [-0.3, -0.25) is 19.4 Å². The van der Waals surface area contributed by atoms with E-state index in [1.54, 1.807) is 33.5 Å². The predicted octanol–water partition coefficient (Wildman–Crippen LogP) is 2.79. The first-order chi connectivity index (χ1) is 13.6. The van der Waals surface area contributed by atoms with Crippen LogP contribution in [0.5, 0.6) is 17.2 Å². The van der Waals surface area contributed by atoms with Gasteiger partial charge in [-0.1, -0.05) is 12.8 Å². The van der Waals surface area contributed by atoms with E-state index < -0.39 is 0 Å². The number of rotatable bonds is 5. The van der Waals surface area contributed by atoms with Crippen LogP contribution < -0.4 is 25.1 Å². The second-order valence-corrected chi connectivity index (χ2v) is 7.28. The third kappa shape index (κ3) is 2.93. The van der Waals surface area contributed by atoms with Crippen LogP contribution in [0.4, 0.5) is 5.82 Å². The molecule has 150 valence electrons. The van der Waals surface area contributed by atoms with Crippen molar-refractivity contribution in [2.45, 2.75) is 44.1 Å². The Labute approximate surface area is 162 Å². The standard InChI is InChI=1S/C20H25N3O5/c1-26-14-8-11(9-15(27-2)18(14)28-3)13-10-16(24)21-19-17(13)20(25)22-23(19)12-6-4-5-7-12/h8-9,12-13H,4-7,10H2,1-3H3,(H,21,24)(H,22,25). The van der Waals surface area contributed by atoms with Gasteiger partial charge in [0.2, 0.25) is 11.7 Å². The van der Waals surface area contributed by atoms with Gasteiger partial charge in [-0.15, -0.1) is 0 Å². The van der Waals surface area contributed by atoms with E-state index in [1.807, 2.05) is 4.68 Å². The fourth-order valence-electron chi connectivity index (χ4n) is 4.41.